The van der Waals surface area contributed by atoms with Gasteiger partial charge in [0.1, 0.15) is 5.72 Å². The summed E-state index contributed by atoms with van der Waals surface area (Å²) in [5.74, 6) is 0. The van der Waals surface area contributed by atoms with Gasteiger partial charge in [0.25, 0.3) is 0 Å². The van der Waals surface area contributed by atoms with Crippen LogP contribution in [0.2, 0.25) is 0 Å². The van der Waals surface area contributed by atoms with Gasteiger partial charge in [-0.1, -0.05) is 44.2 Å². The lowest BCUT2D eigenvalue weighted by atomic mass is 9.74. The molecule has 0 spiro atoms. The number of hydrogen-bond donors (Lipinski definition) is 1. The number of ether oxygens (including phenoxy) is 1. The minimum atomic E-state index is -0.441. The van der Waals surface area contributed by atoms with E-state index in [0.29, 0.717) is 6.61 Å². The van der Waals surface area contributed by atoms with E-state index >= 15 is 0 Å². The molecule has 2 unspecified atom stereocenters. The summed E-state index contributed by atoms with van der Waals surface area (Å²) in [6.07, 6.45) is 0.994. The maximum atomic E-state index is 6.15. The molecule has 0 radical (unpaired) electrons. The van der Waals surface area contributed by atoms with Crippen molar-refractivity contribution >= 4 is 0 Å². The fourth-order valence-electron chi connectivity index (χ4n) is 1.95. The first-order valence-corrected chi connectivity index (χ1v) is 5.11. The zero-order valence-electron chi connectivity index (χ0n) is 8.79. The lowest BCUT2D eigenvalue weighted by Crippen LogP contribution is -2.46. The molecule has 76 valence electrons. The molecule has 2 nitrogen and oxygen atoms in total. The van der Waals surface area contributed by atoms with Crippen molar-refractivity contribution in [1.82, 2.24) is 0 Å². The standard InChI is InChI=1S/C12H17NO/c1-3-11(2,12(13)9-14-12)10-7-5-4-6-8-10/h4-8H,3,9,13H2,1-2H3. The van der Waals surface area contributed by atoms with Gasteiger partial charge >= 0.3 is 0 Å². The predicted octanol–water partition coefficient (Wildman–Crippen LogP) is 2.04. The molecule has 14 heavy (non-hydrogen) atoms. The molecule has 2 rings (SSSR count). The van der Waals surface area contributed by atoms with E-state index in [9.17, 15) is 0 Å². The van der Waals surface area contributed by atoms with Gasteiger partial charge in [-0.2, -0.15) is 0 Å². The maximum Gasteiger partial charge on any atom is 0.150 e. The van der Waals surface area contributed by atoms with Crippen molar-refractivity contribution in [3.8, 4) is 0 Å². The average Bonchev–Trinajstić information content (AvgIpc) is 2.98. The van der Waals surface area contributed by atoms with E-state index in [1.807, 2.05) is 6.07 Å². The second-order valence-corrected chi connectivity index (χ2v) is 4.23. The maximum absolute atomic E-state index is 6.15. The molecule has 2 N–H and O–H groups in total. The molecular weight excluding hydrogens is 174 g/mol. The summed E-state index contributed by atoms with van der Waals surface area (Å²) in [7, 11) is 0. The molecule has 0 bridgehead atoms. The monoisotopic (exact) mass is 191 g/mol. The van der Waals surface area contributed by atoms with Crippen LogP contribution in [0.5, 0.6) is 0 Å². The van der Waals surface area contributed by atoms with Crippen molar-refractivity contribution in [1.29, 1.82) is 0 Å². The van der Waals surface area contributed by atoms with Crippen LogP contribution >= 0.6 is 0 Å². The number of epoxide rings is 1. The van der Waals surface area contributed by atoms with Gasteiger partial charge in [-0.15, -0.1) is 0 Å². The average molecular weight is 191 g/mol. The van der Waals surface area contributed by atoms with Crippen LogP contribution in [0.4, 0.5) is 0 Å². The Kier molecular flexibility index (Phi) is 2.13. The van der Waals surface area contributed by atoms with Crippen molar-refractivity contribution in [3.05, 3.63) is 35.9 Å². The summed E-state index contributed by atoms with van der Waals surface area (Å²) in [4.78, 5) is 0. The third kappa shape index (κ3) is 1.26. The zero-order chi connectivity index (χ0) is 10.2. The largest absolute Gasteiger partial charge is 0.353 e. The summed E-state index contributed by atoms with van der Waals surface area (Å²) < 4.78 is 5.38. The molecule has 1 aliphatic heterocycles. The summed E-state index contributed by atoms with van der Waals surface area (Å²) in [6, 6.07) is 10.4. The summed E-state index contributed by atoms with van der Waals surface area (Å²) in [5, 5.41) is 0. The Morgan fingerprint density at radius 3 is 2.43 bits per heavy atom. The lowest BCUT2D eigenvalue weighted by molar-refractivity contribution is 0.191. The van der Waals surface area contributed by atoms with Crippen LogP contribution in [0.3, 0.4) is 0 Å². The Balaban J connectivity index is 2.38. The zero-order valence-corrected chi connectivity index (χ0v) is 8.79. The molecule has 0 saturated carbocycles. The Bertz CT molecular complexity index is 318. The van der Waals surface area contributed by atoms with Gasteiger partial charge in [0, 0.05) is 5.41 Å². The van der Waals surface area contributed by atoms with E-state index in [2.05, 4.69) is 38.1 Å². The minimum Gasteiger partial charge on any atom is -0.353 e. The van der Waals surface area contributed by atoms with Gasteiger partial charge in [-0.05, 0) is 12.0 Å². The molecule has 1 aromatic rings. The molecule has 1 fully saturated rings. The van der Waals surface area contributed by atoms with E-state index in [0.717, 1.165) is 6.42 Å². The summed E-state index contributed by atoms with van der Waals surface area (Å²) in [6.45, 7) is 5.00. The van der Waals surface area contributed by atoms with E-state index in [-0.39, 0.29) is 5.41 Å². The van der Waals surface area contributed by atoms with Crippen molar-refractivity contribution in [2.24, 2.45) is 5.73 Å². The Morgan fingerprint density at radius 1 is 1.43 bits per heavy atom. The van der Waals surface area contributed by atoms with Crippen molar-refractivity contribution in [2.75, 3.05) is 6.61 Å². The van der Waals surface area contributed by atoms with Crippen LogP contribution in [-0.2, 0) is 10.2 Å². The number of benzene rings is 1. The van der Waals surface area contributed by atoms with E-state index < -0.39 is 5.72 Å². The SMILES string of the molecule is CCC(C)(c1ccccc1)C1(N)CO1. The Hall–Kier alpha value is -0.860. The quantitative estimate of drug-likeness (QED) is 0.742. The van der Waals surface area contributed by atoms with Crippen LogP contribution in [-0.4, -0.2) is 12.3 Å². The highest BCUT2D eigenvalue weighted by atomic mass is 16.6. The highest BCUT2D eigenvalue weighted by Gasteiger charge is 2.55. The van der Waals surface area contributed by atoms with Crippen LogP contribution < -0.4 is 5.73 Å². The van der Waals surface area contributed by atoms with E-state index in [4.69, 9.17) is 10.5 Å². The highest BCUT2D eigenvalue weighted by molar-refractivity contribution is 5.30. The van der Waals surface area contributed by atoms with E-state index in [1.165, 1.54) is 5.56 Å². The molecule has 0 amide bonds. The first kappa shape index (κ1) is 9.69. The van der Waals surface area contributed by atoms with Crippen LogP contribution in [0.15, 0.2) is 30.3 Å². The van der Waals surface area contributed by atoms with Gasteiger partial charge in [0.15, 0.2) is 0 Å². The lowest BCUT2D eigenvalue weighted by Gasteiger charge is -2.32. The second kappa shape index (κ2) is 3.07. The highest BCUT2D eigenvalue weighted by Crippen LogP contribution is 2.44. The van der Waals surface area contributed by atoms with E-state index in [1.54, 1.807) is 0 Å². The van der Waals surface area contributed by atoms with Gasteiger partial charge in [0.05, 0.1) is 6.61 Å². The third-order valence-electron chi connectivity index (χ3n) is 3.51. The van der Waals surface area contributed by atoms with Gasteiger partial charge in [-0.25, -0.2) is 0 Å². The number of nitrogens with two attached hydrogens (primary N) is 1. The van der Waals surface area contributed by atoms with Crippen molar-refractivity contribution < 1.29 is 4.74 Å². The Labute approximate surface area is 85.1 Å². The molecule has 1 aromatic carbocycles. The topological polar surface area (TPSA) is 38.5 Å². The normalized spacial score (nSPS) is 29.6. The summed E-state index contributed by atoms with van der Waals surface area (Å²) >= 11 is 0. The fraction of sp³-hybridized carbons (Fsp3) is 0.500. The number of hydrogen-bond acceptors (Lipinski definition) is 2. The smallest absolute Gasteiger partial charge is 0.150 e. The van der Waals surface area contributed by atoms with Crippen LogP contribution in [0.1, 0.15) is 25.8 Å². The fourth-order valence-corrected chi connectivity index (χ4v) is 1.95. The molecule has 2 heteroatoms. The molecule has 0 aromatic heterocycles. The third-order valence-corrected chi connectivity index (χ3v) is 3.51. The van der Waals surface area contributed by atoms with Crippen LogP contribution in [0, 0.1) is 0 Å². The molecule has 2 atom stereocenters. The Morgan fingerprint density at radius 2 is 2.00 bits per heavy atom. The van der Waals surface area contributed by atoms with Gasteiger partial charge in [-0.3, -0.25) is 0 Å². The first-order chi connectivity index (χ1) is 6.62. The summed E-state index contributed by atoms with van der Waals surface area (Å²) in [5.41, 5.74) is 6.91. The minimum absolute atomic E-state index is 0.0613. The predicted molar refractivity (Wildman–Crippen MR) is 57.0 cm³/mol. The van der Waals surface area contributed by atoms with Gasteiger partial charge in [0.2, 0.25) is 0 Å². The van der Waals surface area contributed by atoms with Crippen molar-refractivity contribution in [3.63, 3.8) is 0 Å². The first-order valence-electron chi connectivity index (χ1n) is 5.11. The second-order valence-electron chi connectivity index (χ2n) is 4.23. The molecule has 1 aliphatic rings. The number of rotatable bonds is 3. The van der Waals surface area contributed by atoms with Crippen molar-refractivity contribution in [2.45, 2.75) is 31.4 Å². The van der Waals surface area contributed by atoms with Crippen LogP contribution in [0.25, 0.3) is 0 Å². The molecular formula is C12H17NO. The molecule has 1 heterocycles. The molecule has 0 aliphatic carbocycles. The van der Waals surface area contributed by atoms with Gasteiger partial charge < -0.3 is 10.5 Å². The molecule has 1 saturated heterocycles.